The zero-order chi connectivity index (χ0) is 18.5. The van der Waals surface area contributed by atoms with Crippen LogP contribution < -0.4 is 5.32 Å². The van der Waals surface area contributed by atoms with Gasteiger partial charge in [0.25, 0.3) is 11.8 Å². The number of benzene rings is 1. The van der Waals surface area contributed by atoms with E-state index in [1.165, 1.54) is 0 Å². The standard InChI is InChI=1S/C19H20N4O3/c1-14-5-2-3-6-15(14)21-18(25)16-7-4-8-17(20-16)19(26)23-11-9-22(13-24)10-12-23/h2-8,13H,9-12H2,1H3,(H,21,25). The Morgan fingerprint density at radius 2 is 1.69 bits per heavy atom. The number of hydrogen-bond acceptors (Lipinski definition) is 4. The van der Waals surface area contributed by atoms with Gasteiger partial charge in [-0.25, -0.2) is 4.98 Å². The summed E-state index contributed by atoms with van der Waals surface area (Å²) in [4.78, 5) is 43.3. The lowest BCUT2D eigenvalue weighted by Crippen LogP contribution is -2.48. The Morgan fingerprint density at radius 3 is 2.38 bits per heavy atom. The smallest absolute Gasteiger partial charge is 0.274 e. The summed E-state index contributed by atoms with van der Waals surface area (Å²) in [6, 6.07) is 12.3. The molecule has 0 spiro atoms. The molecule has 134 valence electrons. The third-order valence-electron chi connectivity index (χ3n) is 4.34. The number of piperazine rings is 1. The molecule has 1 fully saturated rings. The fraction of sp³-hybridized carbons (Fsp3) is 0.263. The van der Waals surface area contributed by atoms with E-state index in [1.807, 2.05) is 31.2 Å². The summed E-state index contributed by atoms with van der Waals surface area (Å²) in [7, 11) is 0. The molecule has 2 aromatic rings. The van der Waals surface area contributed by atoms with E-state index in [0.29, 0.717) is 31.9 Å². The summed E-state index contributed by atoms with van der Waals surface area (Å²) >= 11 is 0. The van der Waals surface area contributed by atoms with E-state index in [2.05, 4.69) is 10.3 Å². The van der Waals surface area contributed by atoms with Crippen molar-refractivity contribution in [1.29, 1.82) is 0 Å². The SMILES string of the molecule is Cc1ccccc1NC(=O)c1cccc(C(=O)N2CCN(C=O)CC2)n1. The van der Waals surface area contributed by atoms with Gasteiger partial charge in [0.05, 0.1) is 0 Å². The Labute approximate surface area is 151 Å². The van der Waals surface area contributed by atoms with Gasteiger partial charge in [-0.15, -0.1) is 0 Å². The lowest BCUT2D eigenvalue weighted by Gasteiger charge is -2.32. The summed E-state index contributed by atoms with van der Waals surface area (Å²) in [5.74, 6) is -0.596. The van der Waals surface area contributed by atoms with Crippen molar-refractivity contribution in [2.75, 3.05) is 31.5 Å². The summed E-state index contributed by atoms with van der Waals surface area (Å²) in [6.45, 7) is 3.82. The van der Waals surface area contributed by atoms with Crippen LogP contribution in [0.2, 0.25) is 0 Å². The van der Waals surface area contributed by atoms with Crippen molar-refractivity contribution in [2.24, 2.45) is 0 Å². The topological polar surface area (TPSA) is 82.6 Å². The van der Waals surface area contributed by atoms with Crippen LogP contribution in [0, 0.1) is 6.92 Å². The predicted octanol–water partition coefficient (Wildman–Crippen LogP) is 1.56. The van der Waals surface area contributed by atoms with Crippen LogP contribution in [0.1, 0.15) is 26.5 Å². The van der Waals surface area contributed by atoms with Crippen molar-refractivity contribution >= 4 is 23.9 Å². The second-order valence-corrected chi connectivity index (χ2v) is 6.11. The van der Waals surface area contributed by atoms with Crippen molar-refractivity contribution in [3.8, 4) is 0 Å². The second kappa shape index (κ2) is 7.77. The summed E-state index contributed by atoms with van der Waals surface area (Å²) in [6.07, 6.45) is 0.788. The molecule has 1 N–H and O–H groups in total. The molecule has 26 heavy (non-hydrogen) atoms. The minimum absolute atomic E-state index is 0.186. The first kappa shape index (κ1) is 17.6. The number of nitrogens with one attached hydrogen (secondary N) is 1. The number of nitrogens with zero attached hydrogens (tertiary/aromatic N) is 3. The highest BCUT2D eigenvalue weighted by Gasteiger charge is 2.23. The van der Waals surface area contributed by atoms with Gasteiger partial charge in [0.15, 0.2) is 0 Å². The monoisotopic (exact) mass is 352 g/mol. The van der Waals surface area contributed by atoms with Gasteiger partial charge in [0.1, 0.15) is 11.4 Å². The van der Waals surface area contributed by atoms with Crippen LogP contribution in [0.25, 0.3) is 0 Å². The molecule has 1 aliphatic rings. The Kier molecular flexibility index (Phi) is 5.26. The molecule has 7 heteroatoms. The number of carbonyl (C=O) groups excluding carboxylic acids is 3. The molecule has 0 unspecified atom stereocenters. The number of para-hydroxylation sites is 1. The zero-order valence-electron chi connectivity index (χ0n) is 14.5. The largest absolute Gasteiger partial charge is 0.342 e. The number of hydrogen-bond donors (Lipinski definition) is 1. The fourth-order valence-corrected chi connectivity index (χ4v) is 2.77. The Bertz CT molecular complexity index is 829. The Balaban J connectivity index is 1.71. The molecule has 0 radical (unpaired) electrons. The third kappa shape index (κ3) is 3.88. The van der Waals surface area contributed by atoms with Gasteiger partial charge in [-0.1, -0.05) is 24.3 Å². The molecule has 2 heterocycles. The average Bonchev–Trinajstić information content (AvgIpc) is 2.69. The summed E-state index contributed by atoms with van der Waals surface area (Å²) < 4.78 is 0. The molecule has 3 amide bonds. The average molecular weight is 352 g/mol. The van der Waals surface area contributed by atoms with E-state index in [9.17, 15) is 14.4 Å². The Hall–Kier alpha value is -3.22. The van der Waals surface area contributed by atoms with Crippen LogP contribution in [-0.2, 0) is 4.79 Å². The minimum atomic E-state index is -0.361. The maximum absolute atomic E-state index is 12.6. The van der Waals surface area contributed by atoms with Crippen LogP contribution >= 0.6 is 0 Å². The number of anilines is 1. The Morgan fingerprint density at radius 1 is 1.00 bits per heavy atom. The van der Waals surface area contributed by atoms with Crippen LogP contribution in [-0.4, -0.2) is 59.2 Å². The van der Waals surface area contributed by atoms with E-state index in [0.717, 1.165) is 12.0 Å². The van der Waals surface area contributed by atoms with Gasteiger partial charge in [-0.2, -0.15) is 0 Å². The van der Waals surface area contributed by atoms with E-state index in [4.69, 9.17) is 0 Å². The number of amides is 3. The number of aromatic nitrogens is 1. The van der Waals surface area contributed by atoms with Gasteiger partial charge in [-0.3, -0.25) is 14.4 Å². The van der Waals surface area contributed by atoms with E-state index in [-0.39, 0.29) is 23.2 Å². The number of carbonyl (C=O) groups is 3. The summed E-state index contributed by atoms with van der Waals surface area (Å²) in [5.41, 5.74) is 2.06. The maximum atomic E-state index is 12.6. The van der Waals surface area contributed by atoms with Crippen molar-refractivity contribution in [3.05, 3.63) is 59.4 Å². The van der Waals surface area contributed by atoms with Crippen molar-refractivity contribution < 1.29 is 14.4 Å². The van der Waals surface area contributed by atoms with Gasteiger partial charge in [0, 0.05) is 31.9 Å². The van der Waals surface area contributed by atoms with Crippen molar-refractivity contribution in [1.82, 2.24) is 14.8 Å². The quantitative estimate of drug-likeness (QED) is 0.847. The predicted molar refractivity (Wildman–Crippen MR) is 96.9 cm³/mol. The first-order valence-corrected chi connectivity index (χ1v) is 8.41. The molecule has 3 rings (SSSR count). The molecule has 1 aliphatic heterocycles. The molecule has 7 nitrogen and oxygen atoms in total. The molecule has 0 aliphatic carbocycles. The highest BCUT2D eigenvalue weighted by molar-refractivity contribution is 6.04. The lowest BCUT2D eigenvalue weighted by molar-refractivity contribution is -0.119. The van der Waals surface area contributed by atoms with Crippen LogP contribution in [0.3, 0.4) is 0 Å². The molecule has 0 saturated carbocycles. The highest BCUT2D eigenvalue weighted by Crippen LogP contribution is 2.15. The number of rotatable bonds is 4. The third-order valence-corrected chi connectivity index (χ3v) is 4.34. The minimum Gasteiger partial charge on any atom is -0.342 e. The highest BCUT2D eigenvalue weighted by atomic mass is 16.2. The molecule has 1 aromatic carbocycles. The van der Waals surface area contributed by atoms with Crippen LogP contribution in [0.15, 0.2) is 42.5 Å². The normalized spacial score (nSPS) is 14.0. The van der Waals surface area contributed by atoms with E-state index < -0.39 is 0 Å². The lowest BCUT2D eigenvalue weighted by atomic mass is 10.2. The first-order valence-electron chi connectivity index (χ1n) is 8.41. The molecular weight excluding hydrogens is 332 g/mol. The second-order valence-electron chi connectivity index (χ2n) is 6.11. The molecular formula is C19H20N4O3. The first-order chi connectivity index (χ1) is 12.6. The fourth-order valence-electron chi connectivity index (χ4n) is 2.77. The summed E-state index contributed by atoms with van der Waals surface area (Å²) in [5, 5.41) is 2.81. The van der Waals surface area contributed by atoms with Gasteiger partial charge in [0.2, 0.25) is 6.41 Å². The van der Waals surface area contributed by atoms with Crippen LogP contribution in [0.4, 0.5) is 5.69 Å². The number of pyridine rings is 1. The molecule has 0 bridgehead atoms. The van der Waals surface area contributed by atoms with Crippen molar-refractivity contribution in [2.45, 2.75) is 6.92 Å². The molecule has 1 aromatic heterocycles. The van der Waals surface area contributed by atoms with Gasteiger partial charge >= 0.3 is 0 Å². The number of aryl methyl sites for hydroxylation is 1. The van der Waals surface area contributed by atoms with E-state index >= 15 is 0 Å². The molecule has 1 saturated heterocycles. The molecule has 0 atom stereocenters. The van der Waals surface area contributed by atoms with Crippen LogP contribution in [0.5, 0.6) is 0 Å². The van der Waals surface area contributed by atoms with Crippen molar-refractivity contribution in [3.63, 3.8) is 0 Å². The van der Waals surface area contributed by atoms with E-state index in [1.54, 1.807) is 28.0 Å². The van der Waals surface area contributed by atoms with Gasteiger partial charge < -0.3 is 15.1 Å². The maximum Gasteiger partial charge on any atom is 0.274 e. The zero-order valence-corrected chi connectivity index (χ0v) is 14.5. The van der Waals surface area contributed by atoms with Gasteiger partial charge in [-0.05, 0) is 30.7 Å².